The molecule has 0 aromatic heterocycles. The molecule has 11 heavy (non-hydrogen) atoms. The number of ether oxygens (including phenoxy) is 2. The Morgan fingerprint density at radius 1 is 1.09 bits per heavy atom. The summed E-state index contributed by atoms with van der Waals surface area (Å²) in [6.45, 7) is 9.92. The van der Waals surface area contributed by atoms with Crippen LogP contribution >= 0.6 is 0 Å². The third kappa shape index (κ3) is 3.36. The van der Waals surface area contributed by atoms with Crippen LogP contribution in [0.25, 0.3) is 0 Å². The molecule has 0 aromatic rings. The second kappa shape index (κ2) is 5.74. The predicted molar refractivity (Wildman–Crippen MR) is 50.7 cm³/mol. The molecule has 0 N–H and O–H groups in total. The van der Waals surface area contributed by atoms with Crippen LogP contribution in [0.2, 0.25) is 6.55 Å². The lowest BCUT2D eigenvalue weighted by Crippen LogP contribution is -2.40. The average Bonchev–Trinajstić information content (AvgIpc) is 2.04. The van der Waals surface area contributed by atoms with E-state index in [0.29, 0.717) is 0 Å². The van der Waals surface area contributed by atoms with E-state index in [4.69, 9.17) is 9.47 Å². The van der Waals surface area contributed by atoms with Crippen LogP contribution in [0.5, 0.6) is 0 Å². The Bertz CT molecular complexity index is 84.1. The fourth-order valence-electron chi connectivity index (χ4n) is 1.23. The summed E-state index contributed by atoms with van der Waals surface area (Å²) in [6, 6.07) is 0. The topological polar surface area (TPSA) is 18.5 Å². The van der Waals surface area contributed by atoms with Gasteiger partial charge >= 0.3 is 0 Å². The smallest absolute Gasteiger partial charge is 0.144 e. The molecule has 0 fully saturated rings. The molecular formula is C8H20O2Si. The molecule has 2 nitrogen and oxygen atoms in total. The van der Waals surface area contributed by atoms with Crippen LogP contribution < -0.4 is 0 Å². The van der Waals surface area contributed by atoms with Gasteiger partial charge in [-0.3, -0.25) is 0 Å². The molecule has 0 rings (SSSR count). The molecule has 0 aliphatic heterocycles. The first-order valence-electron chi connectivity index (χ1n) is 4.52. The monoisotopic (exact) mass is 176 g/mol. The van der Waals surface area contributed by atoms with E-state index in [1.165, 1.54) is 0 Å². The van der Waals surface area contributed by atoms with Crippen molar-refractivity contribution in [1.29, 1.82) is 0 Å². The minimum Gasteiger partial charge on any atom is -0.355 e. The molecule has 0 bridgehead atoms. The summed E-state index contributed by atoms with van der Waals surface area (Å²) in [5.74, 6) is 0. The van der Waals surface area contributed by atoms with Crippen LogP contribution in [0.1, 0.15) is 27.2 Å². The molecule has 0 spiro atoms. The molecule has 0 heterocycles. The van der Waals surface area contributed by atoms with E-state index in [1.807, 2.05) is 13.8 Å². The minimum absolute atomic E-state index is 0.177. The van der Waals surface area contributed by atoms with Gasteiger partial charge < -0.3 is 9.47 Å². The Labute approximate surface area is 72.1 Å². The van der Waals surface area contributed by atoms with Gasteiger partial charge in [-0.1, -0.05) is 13.5 Å². The summed E-state index contributed by atoms with van der Waals surface area (Å²) in [7, 11) is -0.245. The highest BCUT2D eigenvalue weighted by molar-refractivity contribution is 6.37. The maximum atomic E-state index is 5.61. The zero-order chi connectivity index (χ0) is 8.74. The van der Waals surface area contributed by atoms with Crippen molar-refractivity contribution >= 4 is 9.52 Å². The SMILES string of the molecule is CCOC(CC)(OCC)[SiH2]C. The lowest BCUT2D eigenvalue weighted by atomic mass is 10.4. The molecule has 0 saturated carbocycles. The Morgan fingerprint density at radius 2 is 1.55 bits per heavy atom. The van der Waals surface area contributed by atoms with Crippen molar-refractivity contribution in [2.24, 2.45) is 0 Å². The van der Waals surface area contributed by atoms with Crippen LogP contribution in [0, 0.1) is 0 Å². The lowest BCUT2D eigenvalue weighted by molar-refractivity contribution is -0.176. The Kier molecular flexibility index (Phi) is 5.82. The van der Waals surface area contributed by atoms with Gasteiger partial charge in [0.15, 0.2) is 0 Å². The van der Waals surface area contributed by atoms with Crippen LogP contribution in [0.4, 0.5) is 0 Å². The van der Waals surface area contributed by atoms with E-state index in [0.717, 1.165) is 19.6 Å². The zero-order valence-corrected chi connectivity index (χ0v) is 9.56. The largest absolute Gasteiger partial charge is 0.355 e. The minimum atomic E-state index is -0.245. The van der Waals surface area contributed by atoms with E-state index in [2.05, 4.69) is 13.5 Å². The van der Waals surface area contributed by atoms with Crippen molar-refractivity contribution in [1.82, 2.24) is 0 Å². The van der Waals surface area contributed by atoms with Gasteiger partial charge in [0, 0.05) is 13.2 Å². The molecule has 0 aliphatic carbocycles. The second-order valence-electron chi connectivity index (χ2n) is 2.48. The van der Waals surface area contributed by atoms with Crippen molar-refractivity contribution < 1.29 is 9.47 Å². The van der Waals surface area contributed by atoms with Crippen LogP contribution in [0.3, 0.4) is 0 Å². The third-order valence-corrected chi connectivity index (χ3v) is 3.88. The summed E-state index contributed by atoms with van der Waals surface area (Å²) in [5.41, 5.74) is -0.177. The number of rotatable bonds is 6. The van der Waals surface area contributed by atoms with Crippen molar-refractivity contribution in [3.05, 3.63) is 0 Å². The normalized spacial score (nSPS) is 13.1. The lowest BCUT2D eigenvalue weighted by Gasteiger charge is -2.31. The fraction of sp³-hybridized carbons (Fsp3) is 1.00. The number of hydrogen-bond donors (Lipinski definition) is 0. The van der Waals surface area contributed by atoms with Crippen LogP contribution in [0.15, 0.2) is 0 Å². The van der Waals surface area contributed by atoms with Crippen LogP contribution in [-0.4, -0.2) is 28.1 Å². The summed E-state index contributed by atoms with van der Waals surface area (Å²) in [6.07, 6.45) is 0.984. The average molecular weight is 176 g/mol. The third-order valence-electron chi connectivity index (χ3n) is 1.89. The van der Waals surface area contributed by atoms with E-state index < -0.39 is 0 Å². The first-order valence-corrected chi connectivity index (χ1v) is 6.64. The van der Waals surface area contributed by atoms with Gasteiger partial charge in [-0.15, -0.1) is 0 Å². The predicted octanol–water partition coefficient (Wildman–Crippen LogP) is 1.34. The molecular weight excluding hydrogens is 156 g/mol. The summed E-state index contributed by atoms with van der Waals surface area (Å²) >= 11 is 0. The summed E-state index contributed by atoms with van der Waals surface area (Å²) < 4.78 is 11.2. The van der Waals surface area contributed by atoms with Gasteiger partial charge in [-0.2, -0.15) is 0 Å². The molecule has 68 valence electrons. The highest BCUT2D eigenvalue weighted by Crippen LogP contribution is 2.15. The van der Waals surface area contributed by atoms with Gasteiger partial charge in [-0.05, 0) is 20.3 Å². The van der Waals surface area contributed by atoms with Gasteiger partial charge in [-0.25, -0.2) is 0 Å². The van der Waals surface area contributed by atoms with Gasteiger partial charge in [0.1, 0.15) is 5.41 Å². The Morgan fingerprint density at radius 3 is 1.73 bits per heavy atom. The van der Waals surface area contributed by atoms with Crippen molar-refractivity contribution in [3.8, 4) is 0 Å². The Hall–Kier alpha value is 0.137. The summed E-state index contributed by atoms with van der Waals surface area (Å²) in [4.78, 5) is 0. The molecule has 0 amide bonds. The highest BCUT2D eigenvalue weighted by Gasteiger charge is 2.26. The van der Waals surface area contributed by atoms with E-state index in [-0.39, 0.29) is 14.9 Å². The molecule has 0 radical (unpaired) electrons. The fourth-order valence-corrected chi connectivity index (χ4v) is 2.54. The molecule has 3 heteroatoms. The Balaban J connectivity index is 3.96. The molecule has 0 aliphatic rings. The second-order valence-corrected chi connectivity index (χ2v) is 4.27. The quantitative estimate of drug-likeness (QED) is 0.449. The van der Waals surface area contributed by atoms with Gasteiger partial charge in [0.05, 0.1) is 9.52 Å². The van der Waals surface area contributed by atoms with Crippen molar-refractivity contribution in [3.63, 3.8) is 0 Å². The van der Waals surface area contributed by atoms with Crippen molar-refractivity contribution in [2.75, 3.05) is 13.2 Å². The zero-order valence-electron chi connectivity index (χ0n) is 8.14. The first-order chi connectivity index (χ1) is 5.24. The molecule has 0 atom stereocenters. The van der Waals surface area contributed by atoms with Gasteiger partial charge in [0.2, 0.25) is 0 Å². The van der Waals surface area contributed by atoms with E-state index in [9.17, 15) is 0 Å². The van der Waals surface area contributed by atoms with E-state index >= 15 is 0 Å². The molecule has 0 saturated heterocycles. The highest BCUT2D eigenvalue weighted by atomic mass is 28.2. The number of hydrogen-bond acceptors (Lipinski definition) is 2. The first kappa shape index (κ1) is 11.1. The summed E-state index contributed by atoms with van der Waals surface area (Å²) in [5, 5.41) is 0. The van der Waals surface area contributed by atoms with Crippen LogP contribution in [-0.2, 0) is 9.47 Å². The van der Waals surface area contributed by atoms with Crippen molar-refractivity contribution in [2.45, 2.75) is 39.1 Å². The maximum Gasteiger partial charge on any atom is 0.144 e. The molecule has 0 aromatic carbocycles. The van der Waals surface area contributed by atoms with Gasteiger partial charge in [0.25, 0.3) is 0 Å². The molecule has 0 unspecified atom stereocenters. The maximum absolute atomic E-state index is 5.61. The van der Waals surface area contributed by atoms with E-state index in [1.54, 1.807) is 0 Å². The standard InChI is InChI=1S/C8H20O2Si/c1-5-8(11-4,9-6-2)10-7-3/h5-7,11H2,1-4H3.